The van der Waals surface area contributed by atoms with Crippen LogP contribution in [-0.4, -0.2) is 0 Å². The van der Waals surface area contributed by atoms with E-state index in [9.17, 15) is 0 Å². The minimum Gasteiger partial charge on any atom is -0.0613 e. The first-order chi connectivity index (χ1) is 18.5. The molecule has 4 aromatic carbocycles. The Labute approximate surface area is 238 Å². The first kappa shape index (κ1) is 28.9. The molecule has 0 saturated heterocycles. The van der Waals surface area contributed by atoms with Gasteiger partial charge in [-0.25, -0.2) is 0 Å². The number of hydrogen-bond acceptors (Lipinski definition) is 0. The summed E-state index contributed by atoms with van der Waals surface area (Å²) in [6.45, 7) is 22.8. The van der Waals surface area contributed by atoms with Crippen LogP contribution < -0.4 is 0 Å². The Morgan fingerprint density at radius 3 is 1.59 bits per heavy atom. The Morgan fingerprint density at radius 1 is 0.385 bits per heavy atom. The molecule has 39 heavy (non-hydrogen) atoms. The third-order valence-electron chi connectivity index (χ3n) is 9.00. The molecule has 0 nitrogen and oxygen atoms in total. The van der Waals surface area contributed by atoms with Crippen LogP contribution in [0, 0.1) is 55.4 Å². The first-order valence-corrected chi connectivity index (χ1v) is 14.9. The molecule has 0 heterocycles. The molecule has 0 amide bonds. The zero-order chi connectivity index (χ0) is 28.4. The smallest absolute Gasteiger partial charge is 0.00175 e. The summed E-state index contributed by atoms with van der Waals surface area (Å²) in [5.41, 5.74) is 23.2. The summed E-state index contributed by atoms with van der Waals surface area (Å²) in [4.78, 5) is 0. The highest BCUT2D eigenvalue weighted by molar-refractivity contribution is 5.53. The Bertz CT molecular complexity index is 1510. The zero-order valence-electron chi connectivity index (χ0n) is 26.2. The first-order valence-electron chi connectivity index (χ1n) is 14.9. The molecule has 0 aliphatic heterocycles. The van der Waals surface area contributed by atoms with Crippen LogP contribution in [0.3, 0.4) is 0 Å². The molecule has 0 N–H and O–H groups in total. The van der Waals surface area contributed by atoms with Crippen molar-refractivity contribution in [1.29, 1.82) is 0 Å². The van der Waals surface area contributed by atoms with Gasteiger partial charge in [-0.2, -0.15) is 0 Å². The van der Waals surface area contributed by atoms with Gasteiger partial charge in [0, 0.05) is 0 Å². The van der Waals surface area contributed by atoms with Crippen LogP contribution in [0.2, 0.25) is 0 Å². The van der Waals surface area contributed by atoms with Crippen LogP contribution in [0.1, 0.15) is 103 Å². The summed E-state index contributed by atoms with van der Waals surface area (Å²) in [7, 11) is 0. The standard InChI is InChI=1S/C39H48/c1-11-37-29(8)16-26(5)19-35(37)22-36-21-34(20-33-18-25(4)15-28(7)30(33)9)31(10)39(38(36)12-2)23-32-17-24(3)13-14-27(32)6/h13-19,21H,11-12,20,22-23H2,1-10H3. The number of benzene rings is 4. The van der Waals surface area contributed by atoms with E-state index in [1.807, 2.05) is 0 Å². The van der Waals surface area contributed by atoms with Gasteiger partial charge in [0.15, 0.2) is 0 Å². The molecule has 0 heteroatoms. The second-order valence-electron chi connectivity index (χ2n) is 12.0. The van der Waals surface area contributed by atoms with Crippen LogP contribution >= 0.6 is 0 Å². The topological polar surface area (TPSA) is 0 Å². The summed E-state index contributed by atoms with van der Waals surface area (Å²) < 4.78 is 0. The second kappa shape index (κ2) is 12.0. The molecule has 0 aliphatic rings. The Hall–Kier alpha value is -3.12. The fourth-order valence-corrected chi connectivity index (χ4v) is 6.69. The molecule has 0 saturated carbocycles. The van der Waals surface area contributed by atoms with Crippen molar-refractivity contribution >= 4 is 0 Å². The Kier molecular flexibility index (Phi) is 8.85. The third-order valence-corrected chi connectivity index (χ3v) is 9.00. The number of hydrogen-bond donors (Lipinski definition) is 0. The van der Waals surface area contributed by atoms with E-state index in [2.05, 4.69) is 118 Å². The average molecular weight is 517 g/mol. The normalized spacial score (nSPS) is 11.3. The molecule has 0 bridgehead atoms. The van der Waals surface area contributed by atoms with Crippen molar-refractivity contribution in [2.75, 3.05) is 0 Å². The number of rotatable bonds is 8. The van der Waals surface area contributed by atoms with E-state index in [-0.39, 0.29) is 0 Å². The lowest BCUT2D eigenvalue weighted by molar-refractivity contribution is 0.954. The minimum atomic E-state index is 0.991. The van der Waals surface area contributed by atoms with Crippen molar-refractivity contribution < 1.29 is 0 Å². The average Bonchev–Trinajstić information content (AvgIpc) is 2.87. The van der Waals surface area contributed by atoms with Gasteiger partial charge in [0.1, 0.15) is 0 Å². The highest BCUT2D eigenvalue weighted by Gasteiger charge is 2.19. The highest BCUT2D eigenvalue weighted by Crippen LogP contribution is 2.32. The molecule has 0 unspecified atom stereocenters. The maximum absolute atomic E-state index is 2.56. The summed E-state index contributed by atoms with van der Waals surface area (Å²) in [5, 5.41) is 0. The van der Waals surface area contributed by atoms with E-state index in [0.717, 1.165) is 32.1 Å². The van der Waals surface area contributed by atoms with Crippen molar-refractivity contribution in [3.8, 4) is 0 Å². The van der Waals surface area contributed by atoms with E-state index in [1.54, 1.807) is 11.1 Å². The van der Waals surface area contributed by atoms with Gasteiger partial charge >= 0.3 is 0 Å². The van der Waals surface area contributed by atoms with Crippen molar-refractivity contribution in [3.63, 3.8) is 0 Å². The predicted molar refractivity (Wildman–Crippen MR) is 171 cm³/mol. The van der Waals surface area contributed by atoms with Crippen LogP contribution in [0.4, 0.5) is 0 Å². The molecule has 0 atom stereocenters. The maximum atomic E-state index is 2.56. The molecule has 4 aromatic rings. The molecular weight excluding hydrogens is 468 g/mol. The lowest BCUT2D eigenvalue weighted by atomic mass is 9.82. The van der Waals surface area contributed by atoms with Gasteiger partial charge in [-0.05, 0) is 160 Å². The van der Waals surface area contributed by atoms with Crippen molar-refractivity contribution in [2.24, 2.45) is 0 Å². The van der Waals surface area contributed by atoms with Gasteiger partial charge in [-0.1, -0.05) is 79.1 Å². The fourth-order valence-electron chi connectivity index (χ4n) is 6.69. The van der Waals surface area contributed by atoms with E-state index in [4.69, 9.17) is 0 Å². The van der Waals surface area contributed by atoms with Crippen molar-refractivity contribution in [1.82, 2.24) is 0 Å². The Balaban J connectivity index is 1.93. The fraction of sp³-hybridized carbons (Fsp3) is 0.385. The van der Waals surface area contributed by atoms with Crippen molar-refractivity contribution in [3.05, 3.63) is 138 Å². The number of aryl methyl sites for hydroxylation is 6. The van der Waals surface area contributed by atoms with Gasteiger partial charge in [-0.3, -0.25) is 0 Å². The lowest BCUT2D eigenvalue weighted by Gasteiger charge is -2.23. The molecule has 0 aliphatic carbocycles. The van der Waals surface area contributed by atoms with Gasteiger partial charge in [0.05, 0.1) is 0 Å². The summed E-state index contributed by atoms with van der Waals surface area (Å²) in [5.74, 6) is 0. The molecular formula is C39H48. The lowest BCUT2D eigenvalue weighted by Crippen LogP contribution is -2.10. The molecule has 204 valence electrons. The van der Waals surface area contributed by atoms with Crippen molar-refractivity contribution in [2.45, 2.75) is 101 Å². The van der Waals surface area contributed by atoms with Gasteiger partial charge < -0.3 is 0 Å². The van der Waals surface area contributed by atoms with Crippen LogP contribution in [0.5, 0.6) is 0 Å². The SMILES string of the molecule is CCc1c(C)cc(C)cc1Cc1cc(Cc2cc(C)cc(C)c2C)c(C)c(Cc2cc(C)ccc2C)c1CC. The summed E-state index contributed by atoms with van der Waals surface area (Å²) in [6, 6.07) is 19.0. The molecule has 0 radical (unpaired) electrons. The zero-order valence-corrected chi connectivity index (χ0v) is 26.2. The largest absolute Gasteiger partial charge is 0.0613 e. The van der Waals surface area contributed by atoms with E-state index < -0.39 is 0 Å². The van der Waals surface area contributed by atoms with E-state index >= 15 is 0 Å². The van der Waals surface area contributed by atoms with Gasteiger partial charge in [-0.15, -0.1) is 0 Å². The van der Waals surface area contributed by atoms with Crippen LogP contribution in [0.25, 0.3) is 0 Å². The predicted octanol–water partition coefficient (Wildman–Crippen LogP) is 10.1. The van der Waals surface area contributed by atoms with E-state index in [0.29, 0.717) is 0 Å². The highest BCUT2D eigenvalue weighted by atomic mass is 14.2. The molecule has 0 aromatic heterocycles. The monoisotopic (exact) mass is 516 g/mol. The van der Waals surface area contributed by atoms with Gasteiger partial charge in [0.25, 0.3) is 0 Å². The van der Waals surface area contributed by atoms with Crippen LogP contribution in [-0.2, 0) is 32.1 Å². The molecule has 4 rings (SSSR count). The van der Waals surface area contributed by atoms with Crippen LogP contribution in [0.15, 0.2) is 48.5 Å². The third kappa shape index (κ3) is 6.22. The van der Waals surface area contributed by atoms with Gasteiger partial charge in [0.2, 0.25) is 0 Å². The maximum Gasteiger partial charge on any atom is -0.00175 e. The Morgan fingerprint density at radius 2 is 0.923 bits per heavy atom. The quantitative estimate of drug-likeness (QED) is 0.218. The second-order valence-corrected chi connectivity index (χ2v) is 12.0. The summed E-state index contributed by atoms with van der Waals surface area (Å²) in [6.07, 6.45) is 5.14. The molecule has 0 fully saturated rings. The molecule has 0 spiro atoms. The minimum absolute atomic E-state index is 0.991. The summed E-state index contributed by atoms with van der Waals surface area (Å²) >= 11 is 0. The van der Waals surface area contributed by atoms with E-state index in [1.165, 1.54) is 77.9 Å².